The minimum absolute atomic E-state index is 0. The summed E-state index contributed by atoms with van der Waals surface area (Å²) in [5, 5.41) is 8.79. The van der Waals surface area contributed by atoms with Crippen molar-refractivity contribution in [1.82, 2.24) is 13.9 Å². The zero-order chi connectivity index (χ0) is 29.7. The van der Waals surface area contributed by atoms with Crippen molar-refractivity contribution in [3.63, 3.8) is 0 Å². The fourth-order valence-electron chi connectivity index (χ4n) is 4.43. The molecule has 0 fully saturated rings. The van der Waals surface area contributed by atoms with Gasteiger partial charge in [0.25, 0.3) is 10.0 Å². The van der Waals surface area contributed by atoms with Gasteiger partial charge in [-0.1, -0.05) is 12.1 Å². The third-order valence-electron chi connectivity index (χ3n) is 6.27. The summed E-state index contributed by atoms with van der Waals surface area (Å²) in [4.78, 5) is 19.8. The zero-order valence-corrected chi connectivity index (χ0v) is 24.8. The Morgan fingerprint density at radius 3 is 2.43 bits per heavy atom. The Morgan fingerprint density at radius 2 is 1.76 bits per heavy atom. The first-order valence-electron chi connectivity index (χ1n) is 12.7. The molecule has 0 aliphatic heterocycles. The number of carboxylic acid groups (broad SMARTS) is 1. The number of carboxylic acids is 1. The van der Waals surface area contributed by atoms with Gasteiger partial charge in [-0.05, 0) is 62.2 Å². The average molecular weight is 626 g/mol. The summed E-state index contributed by atoms with van der Waals surface area (Å²) in [6.07, 6.45) is 2.26. The fraction of sp³-hybridized carbons (Fsp3) is 0.321. The van der Waals surface area contributed by atoms with Gasteiger partial charge in [-0.2, -0.15) is 8.96 Å². The number of benzene rings is 2. The number of fused-ring (bicyclic) bond motifs is 1. The average Bonchev–Trinajstić information content (AvgIpc) is 3.32. The number of pyridine rings is 1. The van der Waals surface area contributed by atoms with Crippen LogP contribution in [0.4, 0.5) is 0 Å². The molecule has 2 heterocycles. The molecule has 0 amide bonds. The molecule has 0 radical (unpaired) electrons. The molecule has 0 bridgehead atoms. The molecule has 0 aliphatic rings. The Bertz CT molecular complexity index is 1650. The van der Waals surface area contributed by atoms with Gasteiger partial charge < -0.3 is 23.9 Å². The van der Waals surface area contributed by atoms with E-state index in [-0.39, 0.29) is 56.6 Å². The van der Waals surface area contributed by atoms with Crippen molar-refractivity contribution >= 4 is 67.8 Å². The van der Waals surface area contributed by atoms with Crippen LogP contribution in [0.25, 0.3) is 11.0 Å². The molecular formula is C28H32N3NaO8S2. The normalized spacial score (nSPS) is 12.1. The number of nitrogens with zero attached hydrogens (tertiary/aromatic N) is 3. The molecule has 42 heavy (non-hydrogen) atoms. The van der Waals surface area contributed by atoms with E-state index in [1.165, 1.54) is 12.1 Å². The summed E-state index contributed by atoms with van der Waals surface area (Å²) in [5.41, 5.74) is 2.53. The van der Waals surface area contributed by atoms with E-state index in [0.717, 1.165) is 3.97 Å². The van der Waals surface area contributed by atoms with Crippen LogP contribution in [0.3, 0.4) is 0 Å². The Hall–Kier alpha value is -2.65. The molecule has 0 saturated carbocycles. The van der Waals surface area contributed by atoms with Gasteiger partial charge in [0, 0.05) is 43.1 Å². The summed E-state index contributed by atoms with van der Waals surface area (Å²) in [6, 6.07) is 11.3. The minimum atomic E-state index is -4.30. The second-order valence-corrected chi connectivity index (χ2v) is 12.4. The molecule has 220 valence electrons. The first-order valence-corrected chi connectivity index (χ1v) is 15.4. The van der Waals surface area contributed by atoms with Gasteiger partial charge in [0.15, 0.2) is 12.4 Å². The van der Waals surface area contributed by atoms with E-state index in [1.54, 1.807) is 57.5 Å². The maximum absolute atomic E-state index is 14.2. The second-order valence-electron chi connectivity index (χ2n) is 9.29. The number of ether oxygens (including phenoxy) is 3. The molecule has 0 spiro atoms. The molecule has 0 saturated heterocycles. The van der Waals surface area contributed by atoms with E-state index in [4.69, 9.17) is 19.3 Å². The number of aryl methyl sites for hydroxylation is 2. The number of carbonyl (C=O) groups is 1. The molecular weight excluding hydrogens is 593 g/mol. The molecule has 14 heteroatoms. The third kappa shape index (κ3) is 7.46. The van der Waals surface area contributed by atoms with Gasteiger partial charge in [0.05, 0.1) is 28.2 Å². The van der Waals surface area contributed by atoms with Crippen molar-refractivity contribution in [3.8, 4) is 11.5 Å². The molecule has 2 aromatic carbocycles. The van der Waals surface area contributed by atoms with Gasteiger partial charge in [0.1, 0.15) is 11.5 Å². The number of hydrogen-bond acceptors (Lipinski definition) is 9. The summed E-state index contributed by atoms with van der Waals surface area (Å²) >= 11 is -1.91. The molecule has 1 N–H and O–H groups in total. The van der Waals surface area contributed by atoms with Crippen molar-refractivity contribution in [2.24, 2.45) is 0 Å². The molecule has 4 aromatic rings. The van der Waals surface area contributed by atoms with Gasteiger partial charge in [-0.25, -0.2) is 13.2 Å². The summed E-state index contributed by atoms with van der Waals surface area (Å²) in [6.45, 7) is 5.43. The molecule has 1 atom stereocenters. The fourth-order valence-corrected chi connectivity index (χ4v) is 7.90. The van der Waals surface area contributed by atoms with Crippen LogP contribution in [0.1, 0.15) is 28.8 Å². The Morgan fingerprint density at radius 1 is 1.07 bits per heavy atom. The van der Waals surface area contributed by atoms with E-state index in [0.29, 0.717) is 53.3 Å². The van der Waals surface area contributed by atoms with Crippen molar-refractivity contribution in [2.75, 3.05) is 26.9 Å². The van der Waals surface area contributed by atoms with Gasteiger partial charge in [-0.3, -0.25) is 4.98 Å². The number of rotatable bonds is 13. The maximum atomic E-state index is 14.2. The van der Waals surface area contributed by atoms with Crippen molar-refractivity contribution in [2.45, 2.75) is 43.0 Å². The topological polar surface area (TPSA) is 153 Å². The first kappa shape index (κ1) is 33.8. The van der Waals surface area contributed by atoms with Gasteiger partial charge >= 0.3 is 40.7 Å². The van der Waals surface area contributed by atoms with Crippen LogP contribution in [-0.4, -0.2) is 94.5 Å². The molecule has 2 aromatic heterocycles. The standard InChI is InChI=1S/C28H31N3O8S2.Na.H/c1-18-14-21(39-16-26(32)33)15-19(2)27(18)41(35,36)31-24-9-6-5-8-22(24)30-28(31)40(34)17-23-20(3)25(10-11-29-23)38-13-7-12-37-4;;/h5-6,8-11,14-15H,7,12-13,16-17H2,1-4H3,(H,32,33);;. The molecule has 4 rings (SSSR count). The van der Waals surface area contributed by atoms with Crippen LogP contribution in [-0.2, 0) is 36.5 Å². The van der Waals surface area contributed by atoms with Crippen molar-refractivity contribution < 1.29 is 37.1 Å². The zero-order valence-electron chi connectivity index (χ0n) is 23.1. The second kappa shape index (κ2) is 14.7. The number of para-hydroxylation sites is 2. The predicted octanol–water partition coefficient (Wildman–Crippen LogP) is 3.13. The quantitative estimate of drug-likeness (QED) is 0.133. The first-order chi connectivity index (χ1) is 19.5. The summed E-state index contributed by atoms with van der Waals surface area (Å²) in [5.74, 6) is -0.408. The Labute approximate surface area is 269 Å². The van der Waals surface area contributed by atoms with E-state index < -0.39 is 33.8 Å². The number of aromatic nitrogens is 3. The molecule has 0 aliphatic carbocycles. The van der Waals surface area contributed by atoms with Crippen molar-refractivity contribution in [3.05, 3.63) is 71.0 Å². The number of methoxy groups -OCH3 is 1. The van der Waals surface area contributed by atoms with E-state index in [9.17, 15) is 17.8 Å². The van der Waals surface area contributed by atoms with Crippen LogP contribution < -0.4 is 9.47 Å². The van der Waals surface area contributed by atoms with E-state index in [1.807, 2.05) is 6.92 Å². The van der Waals surface area contributed by atoms with Crippen LogP contribution >= 0.6 is 0 Å². The number of aliphatic carboxylic acids is 1. The van der Waals surface area contributed by atoms with E-state index >= 15 is 0 Å². The number of hydrogen-bond donors (Lipinski definition) is 1. The SMILES string of the molecule is COCCCOc1ccnc(C[S+]([O-])c2nc3ccccc3n2S(=O)(=O)c2c(C)cc(OCC(=O)O)cc2C)c1C.[NaH]. The van der Waals surface area contributed by atoms with Crippen LogP contribution in [0.5, 0.6) is 11.5 Å². The van der Waals surface area contributed by atoms with Crippen LogP contribution in [0.2, 0.25) is 0 Å². The summed E-state index contributed by atoms with van der Waals surface area (Å²) in [7, 11) is -2.68. The molecule has 1 unspecified atom stereocenters. The van der Waals surface area contributed by atoms with Gasteiger partial charge in [0.2, 0.25) is 0 Å². The number of imidazole rings is 1. The molecule has 11 nitrogen and oxygen atoms in total. The van der Waals surface area contributed by atoms with Crippen molar-refractivity contribution in [1.29, 1.82) is 0 Å². The predicted molar refractivity (Wildman–Crippen MR) is 160 cm³/mol. The van der Waals surface area contributed by atoms with Gasteiger partial charge in [-0.15, -0.1) is 0 Å². The van der Waals surface area contributed by atoms with Crippen LogP contribution in [0.15, 0.2) is 58.7 Å². The van der Waals surface area contributed by atoms with Crippen LogP contribution in [0, 0.1) is 20.8 Å². The Balaban J connectivity index is 0.00000484. The van der Waals surface area contributed by atoms with E-state index in [2.05, 4.69) is 9.97 Å². The monoisotopic (exact) mass is 625 g/mol. The summed E-state index contributed by atoms with van der Waals surface area (Å²) < 4.78 is 59.4. The Kier molecular flexibility index (Phi) is 11.8. The third-order valence-corrected chi connectivity index (χ3v) is 9.61.